The van der Waals surface area contributed by atoms with Gasteiger partial charge in [-0.05, 0) is 97.1 Å². The van der Waals surface area contributed by atoms with E-state index in [4.69, 9.17) is 43.0 Å². The van der Waals surface area contributed by atoms with E-state index >= 15 is 0 Å². The molecule has 0 aliphatic carbocycles. The number of carboxylic acid groups (broad SMARTS) is 2. The van der Waals surface area contributed by atoms with Crippen molar-refractivity contribution in [2.45, 2.75) is 62.9 Å². The molecule has 0 aliphatic heterocycles. The zero-order chi connectivity index (χ0) is 28.9. The smallest absolute Gasteiger partial charge is 0.414 e. The number of hydrogen-bond donors (Lipinski definition) is 4. The number of halogens is 2. The summed E-state index contributed by atoms with van der Waals surface area (Å²) in [5, 5.41) is 24.4. The summed E-state index contributed by atoms with van der Waals surface area (Å²) < 4.78 is 0. The van der Waals surface area contributed by atoms with Crippen molar-refractivity contribution in [3.8, 4) is 0 Å². The fraction of sp³-hybridized carbons (Fsp3) is 0.500. The Morgan fingerprint density at radius 3 is 1.36 bits per heavy atom. The summed E-state index contributed by atoms with van der Waals surface area (Å²) in [4.78, 5) is 18.2. The van der Waals surface area contributed by atoms with Crippen molar-refractivity contribution in [1.29, 1.82) is 0 Å². The third-order valence-corrected chi connectivity index (χ3v) is 11.0. The molecule has 0 amide bonds. The molecule has 39 heavy (non-hydrogen) atoms. The third kappa shape index (κ3) is 17.4. The molecule has 4 N–H and O–H groups in total. The van der Waals surface area contributed by atoms with Gasteiger partial charge >= 0.3 is 11.9 Å². The van der Waals surface area contributed by atoms with Crippen LogP contribution < -0.4 is 10.6 Å². The molecule has 0 heterocycles. The maximum absolute atomic E-state index is 9.10. The van der Waals surface area contributed by atoms with E-state index in [-0.39, 0.29) is 0 Å². The molecule has 2 unspecified atom stereocenters. The van der Waals surface area contributed by atoms with E-state index in [9.17, 15) is 0 Å². The van der Waals surface area contributed by atoms with Gasteiger partial charge < -0.3 is 20.8 Å². The quantitative estimate of drug-likeness (QED) is 0.0730. The van der Waals surface area contributed by atoms with E-state index in [2.05, 4.69) is 48.7 Å². The first-order valence-corrected chi connectivity index (χ1v) is 17.5. The molecule has 0 saturated heterocycles. The van der Waals surface area contributed by atoms with Crippen molar-refractivity contribution in [3.63, 3.8) is 0 Å². The summed E-state index contributed by atoms with van der Waals surface area (Å²) in [5.74, 6) is -3.65. The third-order valence-electron chi connectivity index (χ3n) is 5.56. The van der Waals surface area contributed by atoms with Gasteiger partial charge in [-0.2, -0.15) is 0 Å². The highest BCUT2D eigenvalue weighted by atomic mass is 35.5. The van der Waals surface area contributed by atoms with Crippen LogP contribution in [-0.2, 0) is 9.59 Å². The van der Waals surface area contributed by atoms with Gasteiger partial charge in [-0.15, -0.1) is 0 Å². The molecule has 0 bridgehead atoms. The summed E-state index contributed by atoms with van der Waals surface area (Å²) in [5.41, 5.74) is 2.69. The Hall–Kier alpha value is -1.07. The molecule has 2 atom stereocenters. The highest BCUT2D eigenvalue weighted by Crippen LogP contribution is 2.52. The van der Waals surface area contributed by atoms with Crippen molar-refractivity contribution in [3.05, 3.63) is 69.7 Å². The fourth-order valence-corrected chi connectivity index (χ4v) is 8.85. The van der Waals surface area contributed by atoms with Crippen LogP contribution in [0.5, 0.6) is 0 Å². The predicted octanol–water partition coefficient (Wildman–Crippen LogP) is 8.52. The zero-order valence-electron chi connectivity index (χ0n) is 22.5. The van der Waals surface area contributed by atoms with Crippen molar-refractivity contribution < 1.29 is 19.8 Å². The van der Waals surface area contributed by atoms with Gasteiger partial charge in [0.05, 0.1) is 0 Å². The van der Waals surface area contributed by atoms with Crippen LogP contribution >= 0.6 is 54.6 Å². The van der Waals surface area contributed by atoms with Crippen molar-refractivity contribution in [1.82, 2.24) is 10.6 Å². The summed E-state index contributed by atoms with van der Waals surface area (Å²) >= 11 is 12.3. The van der Waals surface area contributed by atoms with E-state index in [1.165, 1.54) is 36.8 Å². The predicted molar refractivity (Wildman–Crippen MR) is 171 cm³/mol. The van der Waals surface area contributed by atoms with Crippen molar-refractivity contribution in [2.75, 3.05) is 26.2 Å². The number of unbranched alkanes of at least 4 members (excludes halogenated alkanes) is 2. The lowest BCUT2D eigenvalue weighted by Gasteiger charge is -2.20. The SMILES string of the molecule is CCCCNCCC(SSSC(CCNCCCC)c1ccc(Cl)cc1)c1ccc(Cl)cc1.O=C(O)C(=O)O. The van der Waals surface area contributed by atoms with Crippen molar-refractivity contribution in [2.24, 2.45) is 0 Å². The standard InChI is InChI=1S/C26H38Cl2N2S3.C2H2O4/c1-3-5-17-29-19-15-25(21-7-11-23(27)12-8-21)31-33-32-26(16-20-30-18-6-4-2)22-9-13-24(28)14-10-22;3-1(4)2(5)6/h7-14,25-26,29-30H,3-6,15-20H2,1-2H3;(H,3,4)(H,5,6). The molecule has 0 fully saturated rings. The lowest BCUT2D eigenvalue weighted by Crippen LogP contribution is -2.18. The maximum Gasteiger partial charge on any atom is 0.414 e. The zero-order valence-corrected chi connectivity index (χ0v) is 26.5. The summed E-state index contributed by atoms with van der Waals surface area (Å²) in [6.07, 6.45) is 7.14. The Morgan fingerprint density at radius 2 is 1.05 bits per heavy atom. The van der Waals surface area contributed by atoms with Gasteiger partial charge in [-0.1, -0.05) is 95.7 Å². The van der Waals surface area contributed by atoms with Crippen LogP contribution in [0.15, 0.2) is 48.5 Å². The maximum atomic E-state index is 9.10. The molecule has 0 radical (unpaired) electrons. The molecule has 218 valence electrons. The molecule has 11 heteroatoms. The fourth-order valence-electron chi connectivity index (χ4n) is 3.33. The monoisotopic (exact) mass is 634 g/mol. The summed E-state index contributed by atoms with van der Waals surface area (Å²) in [6.45, 7) is 8.73. The minimum atomic E-state index is -1.82. The Balaban J connectivity index is 0.00000113. The Morgan fingerprint density at radius 1 is 0.692 bits per heavy atom. The molecule has 0 aromatic heterocycles. The van der Waals surface area contributed by atoms with Crippen LogP contribution in [0.25, 0.3) is 0 Å². The number of aliphatic carboxylic acids is 2. The molecule has 0 saturated carbocycles. The van der Waals surface area contributed by atoms with Gasteiger partial charge in [0.15, 0.2) is 0 Å². The lowest BCUT2D eigenvalue weighted by molar-refractivity contribution is -0.159. The van der Waals surface area contributed by atoms with Crippen LogP contribution in [0, 0.1) is 0 Å². The second-order valence-corrected chi connectivity index (χ2v) is 14.1. The molecule has 2 rings (SSSR count). The number of hydrogen-bond acceptors (Lipinski definition) is 7. The molecule has 2 aromatic carbocycles. The number of benzene rings is 2. The topological polar surface area (TPSA) is 98.7 Å². The van der Waals surface area contributed by atoms with Gasteiger partial charge in [-0.25, -0.2) is 9.59 Å². The number of carboxylic acids is 2. The van der Waals surface area contributed by atoms with E-state index in [1.807, 2.05) is 55.7 Å². The van der Waals surface area contributed by atoms with Gasteiger partial charge in [0.25, 0.3) is 0 Å². The van der Waals surface area contributed by atoms with E-state index in [0.717, 1.165) is 49.1 Å². The Bertz CT molecular complexity index is 862. The lowest BCUT2D eigenvalue weighted by atomic mass is 10.1. The van der Waals surface area contributed by atoms with Crippen LogP contribution in [0.1, 0.15) is 74.0 Å². The van der Waals surface area contributed by atoms with Gasteiger partial charge in [0.2, 0.25) is 0 Å². The van der Waals surface area contributed by atoms with Crippen LogP contribution in [0.2, 0.25) is 10.0 Å². The van der Waals surface area contributed by atoms with Gasteiger partial charge in [-0.3, -0.25) is 0 Å². The minimum absolute atomic E-state index is 0.433. The Labute approximate surface area is 254 Å². The number of nitrogens with one attached hydrogen (secondary N) is 2. The first-order valence-electron chi connectivity index (χ1n) is 13.2. The van der Waals surface area contributed by atoms with Crippen molar-refractivity contribution >= 4 is 66.6 Å². The second-order valence-electron chi connectivity index (χ2n) is 8.74. The molecule has 0 spiro atoms. The summed E-state index contributed by atoms with van der Waals surface area (Å²) in [7, 11) is 5.85. The highest BCUT2D eigenvalue weighted by Gasteiger charge is 2.17. The molecule has 2 aromatic rings. The summed E-state index contributed by atoms with van der Waals surface area (Å²) in [6, 6.07) is 16.7. The van der Waals surface area contributed by atoms with Gasteiger partial charge in [0.1, 0.15) is 0 Å². The van der Waals surface area contributed by atoms with Crippen LogP contribution in [0.4, 0.5) is 0 Å². The van der Waals surface area contributed by atoms with E-state index < -0.39 is 11.9 Å². The largest absolute Gasteiger partial charge is 0.473 e. The van der Waals surface area contributed by atoms with E-state index in [0.29, 0.717) is 10.5 Å². The molecular weight excluding hydrogens is 595 g/mol. The number of carbonyl (C=O) groups is 2. The minimum Gasteiger partial charge on any atom is -0.473 e. The number of rotatable bonds is 18. The average molecular weight is 636 g/mol. The first-order chi connectivity index (χ1) is 18.8. The molecular formula is C28H40Cl2N2O4S3. The Kier molecular flexibility index (Phi) is 20.8. The average Bonchev–Trinajstić information content (AvgIpc) is 2.92. The molecule has 0 aliphatic rings. The normalized spacial score (nSPS) is 12.3. The van der Waals surface area contributed by atoms with E-state index in [1.54, 1.807) is 0 Å². The van der Waals surface area contributed by atoms with Gasteiger partial charge in [0, 0.05) is 20.5 Å². The second kappa shape index (κ2) is 22.6. The molecule has 6 nitrogen and oxygen atoms in total. The highest BCUT2D eigenvalue weighted by molar-refractivity contribution is 9.09. The van der Waals surface area contributed by atoms with Crippen LogP contribution in [-0.4, -0.2) is 48.3 Å². The van der Waals surface area contributed by atoms with Crippen LogP contribution in [0.3, 0.4) is 0 Å². The first kappa shape index (κ1) is 36.0.